The smallest absolute Gasteiger partial charge is 0.132 e. The number of aliphatic hydroxyl groups is 1. The molecule has 0 bridgehead atoms. The molecule has 0 amide bonds. The van der Waals surface area contributed by atoms with Crippen molar-refractivity contribution < 1.29 is 19.0 Å². The number of benzene rings is 1. The van der Waals surface area contributed by atoms with Crippen molar-refractivity contribution in [3.05, 3.63) is 29.6 Å². The lowest BCUT2D eigenvalue weighted by molar-refractivity contribution is 0.135. The summed E-state index contributed by atoms with van der Waals surface area (Å²) in [4.78, 5) is 0. The van der Waals surface area contributed by atoms with E-state index in [1.807, 2.05) is 6.92 Å². The molecule has 1 aromatic rings. The van der Waals surface area contributed by atoms with E-state index < -0.39 is 11.9 Å². The normalized spacial score (nSPS) is 14.4. The predicted octanol–water partition coefficient (Wildman–Crippen LogP) is 2.68. The molecule has 0 spiro atoms. The molecular weight excluding hydrogens is 223 g/mol. The first-order valence-corrected chi connectivity index (χ1v) is 5.67. The van der Waals surface area contributed by atoms with E-state index in [9.17, 15) is 9.50 Å². The fourth-order valence-corrected chi connectivity index (χ4v) is 1.50. The molecule has 0 aliphatic rings. The van der Waals surface area contributed by atoms with Crippen LogP contribution in [0.2, 0.25) is 0 Å². The average molecular weight is 242 g/mol. The molecule has 1 unspecified atom stereocenters. The van der Waals surface area contributed by atoms with Crippen molar-refractivity contribution in [2.75, 3.05) is 13.7 Å². The fourth-order valence-electron chi connectivity index (χ4n) is 1.50. The van der Waals surface area contributed by atoms with E-state index in [2.05, 4.69) is 0 Å². The van der Waals surface area contributed by atoms with Gasteiger partial charge in [0.15, 0.2) is 0 Å². The van der Waals surface area contributed by atoms with Crippen LogP contribution in [-0.4, -0.2) is 24.9 Å². The van der Waals surface area contributed by atoms with Crippen molar-refractivity contribution in [2.24, 2.45) is 0 Å². The third kappa shape index (κ3) is 4.32. The van der Waals surface area contributed by atoms with E-state index in [1.165, 1.54) is 13.0 Å². The van der Waals surface area contributed by atoms with E-state index >= 15 is 0 Å². The van der Waals surface area contributed by atoms with Crippen LogP contribution in [0.3, 0.4) is 0 Å². The SMILES string of the molecule is COCCC(C)Oc1ccc([C@H](C)O)c(F)c1. The molecular formula is C13H19FO3. The van der Waals surface area contributed by atoms with Crippen molar-refractivity contribution in [2.45, 2.75) is 32.5 Å². The molecule has 0 aliphatic heterocycles. The van der Waals surface area contributed by atoms with Crippen LogP contribution in [0.15, 0.2) is 18.2 Å². The van der Waals surface area contributed by atoms with Gasteiger partial charge in [-0.2, -0.15) is 0 Å². The minimum atomic E-state index is -0.810. The summed E-state index contributed by atoms with van der Waals surface area (Å²) in [6.45, 7) is 4.04. The van der Waals surface area contributed by atoms with Gasteiger partial charge in [0, 0.05) is 31.8 Å². The molecule has 96 valence electrons. The molecule has 0 radical (unpaired) electrons. The van der Waals surface area contributed by atoms with Crippen LogP contribution < -0.4 is 4.74 Å². The minimum Gasteiger partial charge on any atom is -0.491 e. The first kappa shape index (κ1) is 13.9. The quantitative estimate of drug-likeness (QED) is 0.833. The van der Waals surface area contributed by atoms with Gasteiger partial charge in [-0.05, 0) is 26.0 Å². The summed E-state index contributed by atoms with van der Waals surface area (Å²) < 4.78 is 24.0. The Balaban J connectivity index is 2.64. The molecule has 0 heterocycles. The summed E-state index contributed by atoms with van der Waals surface area (Å²) in [6.07, 6.45) is -0.0993. The first-order chi connectivity index (χ1) is 8.04. The van der Waals surface area contributed by atoms with Gasteiger partial charge in [0.05, 0.1) is 12.2 Å². The molecule has 17 heavy (non-hydrogen) atoms. The lowest BCUT2D eigenvalue weighted by atomic mass is 10.1. The first-order valence-electron chi connectivity index (χ1n) is 5.67. The van der Waals surface area contributed by atoms with Crippen LogP contribution in [0.1, 0.15) is 31.9 Å². The van der Waals surface area contributed by atoms with Gasteiger partial charge in [-0.1, -0.05) is 0 Å². The highest BCUT2D eigenvalue weighted by Gasteiger charge is 2.10. The van der Waals surface area contributed by atoms with Crippen LogP contribution in [0.25, 0.3) is 0 Å². The number of methoxy groups -OCH3 is 1. The second-order valence-electron chi connectivity index (χ2n) is 4.07. The number of hydrogen-bond acceptors (Lipinski definition) is 3. The molecule has 0 aromatic heterocycles. The molecule has 0 fully saturated rings. The maximum absolute atomic E-state index is 13.5. The molecule has 1 rings (SSSR count). The maximum atomic E-state index is 13.5. The van der Waals surface area contributed by atoms with Gasteiger partial charge in [-0.15, -0.1) is 0 Å². The number of hydrogen-bond donors (Lipinski definition) is 1. The minimum absolute atomic E-state index is 0.0354. The average Bonchev–Trinajstić information content (AvgIpc) is 2.26. The summed E-state index contributed by atoms with van der Waals surface area (Å²) >= 11 is 0. The number of aliphatic hydroxyl groups excluding tert-OH is 1. The van der Waals surface area contributed by atoms with Crippen LogP contribution in [0, 0.1) is 5.82 Å². The van der Waals surface area contributed by atoms with Gasteiger partial charge in [-0.3, -0.25) is 0 Å². The van der Waals surface area contributed by atoms with Crippen molar-refractivity contribution in [3.63, 3.8) is 0 Å². The molecule has 1 N–H and O–H groups in total. The van der Waals surface area contributed by atoms with Gasteiger partial charge in [0.2, 0.25) is 0 Å². The van der Waals surface area contributed by atoms with Crippen molar-refractivity contribution in [1.82, 2.24) is 0 Å². The second-order valence-corrected chi connectivity index (χ2v) is 4.07. The second kappa shape index (κ2) is 6.57. The van der Waals surface area contributed by atoms with Crippen LogP contribution in [0.5, 0.6) is 5.75 Å². The fraction of sp³-hybridized carbons (Fsp3) is 0.538. The summed E-state index contributed by atoms with van der Waals surface area (Å²) in [5.74, 6) is 0.0203. The molecule has 2 atom stereocenters. The Morgan fingerprint density at radius 2 is 2.06 bits per heavy atom. The zero-order chi connectivity index (χ0) is 12.8. The van der Waals surface area contributed by atoms with E-state index in [0.717, 1.165) is 6.42 Å². The summed E-state index contributed by atoms with van der Waals surface area (Å²) in [6, 6.07) is 4.50. The standard InChI is InChI=1S/C13H19FO3/c1-9(6-7-16-3)17-11-4-5-12(10(2)15)13(14)8-11/h4-5,8-10,15H,6-7H2,1-3H3/t9?,10-/m0/s1. The van der Waals surface area contributed by atoms with E-state index in [-0.39, 0.29) is 11.7 Å². The molecule has 0 saturated heterocycles. The summed E-state index contributed by atoms with van der Waals surface area (Å²) in [7, 11) is 1.63. The Morgan fingerprint density at radius 1 is 1.35 bits per heavy atom. The Labute approximate surface area is 101 Å². The number of ether oxygens (including phenoxy) is 2. The van der Waals surface area contributed by atoms with Crippen molar-refractivity contribution in [1.29, 1.82) is 0 Å². The van der Waals surface area contributed by atoms with Gasteiger partial charge in [0.1, 0.15) is 11.6 Å². The topological polar surface area (TPSA) is 38.7 Å². The predicted molar refractivity (Wildman–Crippen MR) is 63.6 cm³/mol. The highest BCUT2D eigenvalue weighted by molar-refractivity contribution is 5.30. The molecule has 4 heteroatoms. The van der Waals surface area contributed by atoms with Gasteiger partial charge in [0.25, 0.3) is 0 Å². The highest BCUT2D eigenvalue weighted by Crippen LogP contribution is 2.22. The van der Waals surface area contributed by atoms with E-state index in [4.69, 9.17) is 9.47 Å². The van der Waals surface area contributed by atoms with Gasteiger partial charge < -0.3 is 14.6 Å². The van der Waals surface area contributed by atoms with Crippen LogP contribution >= 0.6 is 0 Å². The van der Waals surface area contributed by atoms with E-state index in [1.54, 1.807) is 19.2 Å². The van der Waals surface area contributed by atoms with Gasteiger partial charge in [-0.25, -0.2) is 4.39 Å². The lowest BCUT2D eigenvalue weighted by Gasteiger charge is -2.15. The van der Waals surface area contributed by atoms with Crippen LogP contribution in [-0.2, 0) is 4.74 Å². The Hall–Kier alpha value is -1.13. The summed E-state index contributed by atoms with van der Waals surface area (Å²) in [5, 5.41) is 9.30. The largest absolute Gasteiger partial charge is 0.491 e. The van der Waals surface area contributed by atoms with Crippen LogP contribution in [0.4, 0.5) is 4.39 Å². The van der Waals surface area contributed by atoms with E-state index in [0.29, 0.717) is 12.4 Å². The number of halogens is 1. The van der Waals surface area contributed by atoms with Crippen molar-refractivity contribution >= 4 is 0 Å². The molecule has 0 saturated carbocycles. The monoisotopic (exact) mass is 242 g/mol. The van der Waals surface area contributed by atoms with Gasteiger partial charge >= 0.3 is 0 Å². The zero-order valence-electron chi connectivity index (χ0n) is 10.4. The third-order valence-corrected chi connectivity index (χ3v) is 2.49. The zero-order valence-corrected chi connectivity index (χ0v) is 10.4. The molecule has 1 aromatic carbocycles. The molecule has 0 aliphatic carbocycles. The Kier molecular flexibility index (Phi) is 5.38. The maximum Gasteiger partial charge on any atom is 0.132 e. The third-order valence-electron chi connectivity index (χ3n) is 2.49. The number of rotatable bonds is 6. The highest BCUT2D eigenvalue weighted by atomic mass is 19.1. The summed E-state index contributed by atoms with van der Waals surface area (Å²) in [5.41, 5.74) is 0.280. The Morgan fingerprint density at radius 3 is 2.59 bits per heavy atom. The Bertz CT molecular complexity index is 353. The lowest BCUT2D eigenvalue weighted by Crippen LogP contribution is -2.14. The molecule has 3 nitrogen and oxygen atoms in total. The van der Waals surface area contributed by atoms with Crippen molar-refractivity contribution in [3.8, 4) is 5.75 Å².